The van der Waals surface area contributed by atoms with E-state index < -0.39 is 0 Å². The summed E-state index contributed by atoms with van der Waals surface area (Å²) in [6, 6.07) is 5.32. The Morgan fingerprint density at radius 3 is 2.64 bits per heavy atom. The molecule has 0 fully saturated rings. The fourth-order valence-corrected chi connectivity index (χ4v) is 1.27. The summed E-state index contributed by atoms with van der Waals surface area (Å²) in [4.78, 5) is 11.4. The Hall–Kier alpha value is -1.03. The van der Waals surface area contributed by atoms with Gasteiger partial charge in [0.25, 0.3) is 0 Å². The van der Waals surface area contributed by atoms with E-state index in [9.17, 15) is 4.79 Å². The Morgan fingerprint density at radius 1 is 1.50 bits per heavy atom. The van der Waals surface area contributed by atoms with Crippen LogP contribution in [-0.4, -0.2) is 5.91 Å². The summed E-state index contributed by atoms with van der Waals surface area (Å²) in [7, 11) is 0. The smallest absolute Gasteiger partial charge is 0.226 e. The molecule has 14 heavy (non-hydrogen) atoms. The van der Waals surface area contributed by atoms with Gasteiger partial charge < -0.3 is 11.1 Å². The van der Waals surface area contributed by atoms with Gasteiger partial charge in [-0.1, -0.05) is 13.8 Å². The van der Waals surface area contributed by atoms with E-state index in [-0.39, 0.29) is 11.8 Å². The van der Waals surface area contributed by atoms with E-state index >= 15 is 0 Å². The van der Waals surface area contributed by atoms with E-state index in [0.717, 1.165) is 10.2 Å². The molecule has 0 saturated heterocycles. The number of nitrogens with two attached hydrogens (primary N) is 1. The third-order valence-corrected chi connectivity index (χ3v) is 2.48. The minimum absolute atomic E-state index is 0.00155. The molecular weight excluding hydrogens is 244 g/mol. The topological polar surface area (TPSA) is 55.1 Å². The van der Waals surface area contributed by atoms with Gasteiger partial charge in [-0.2, -0.15) is 0 Å². The largest absolute Gasteiger partial charge is 0.398 e. The van der Waals surface area contributed by atoms with Gasteiger partial charge >= 0.3 is 0 Å². The molecule has 76 valence electrons. The summed E-state index contributed by atoms with van der Waals surface area (Å²) in [5.41, 5.74) is 7.03. The summed E-state index contributed by atoms with van der Waals surface area (Å²) in [5, 5.41) is 2.78. The van der Waals surface area contributed by atoms with Gasteiger partial charge in [-0.3, -0.25) is 4.79 Å². The lowest BCUT2D eigenvalue weighted by molar-refractivity contribution is -0.118. The summed E-state index contributed by atoms with van der Waals surface area (Å²) >= 11 is 3.30. The van der Waals surface area contributed by atoms with Gasteiger partial charge in [-0.25, -0.2) is 0 Å². The van der Waals surface area contributed by atoms with Gasteiger partial charge in [0.05, 0.1) is 0 Å². The third-order valence-electron chi connectivity index (χ3n) is 1.79. The number of hydrogen-bond donors (Lipinski definition) is 2. The Balaban J connectivity index is 2.78. The number of carbonyl (C=O) groups is 1. The Morgan fingerprint density at radius 2 is 2.14 bits per heavy atom. The van der Waals surface area contributed by atoms with Gasteiger partial charge in [0, 0.05) is 21.8 Å². The molecule has 1 rings (SSSR count). The van der Waals surface area contributed by atoms with Crippen molar-refractivity contribution in [1.82, 2.24) is 0 Å². The van der Waals surface area contributed by atoms with Gasteiger partial charge in [-0.05, 0) is 34.1 Å². The fraction of sp³-hybridized carbons (Fsp3) is 0.300. The van der Waals surface area contributed by atoms with Crippen LogP contribution in [-0.2, 0) is 4.79 Å². The number of anilines is 2. The predicted molar refractivity (Wildman–Crippen MR) is 62.0 cm³/mol. The average molecular weight is 257 g/mol. The first-order valence-corrected chi connectivity index (χ1v) is 5.16. The first-order chi connectivity index (χ1) is 6.50. The number of hydrogen-bond acceptors (Lipinski definition) is 2. The Kier molecular flexibility index (Phi) is 3.52. The molecule has 0 radical (unpaired) electrons. The Labute approximate surface area is 91.8 Å². The standard InChI is InChI=1S/C10H13BrN2O/c1-6(2)10(14)13-7-3-4-9(12)8(11)5-7/h3-6H,12H2,1-2H3,(H,13,14). The van der Waals surface area contributed by atoms with Crippen LogP contribution in [0.25, 0.3) is 0 Å². The first-order valence-electron chi connectivity index (χ1n) is 4.36. The molecule has 0 spiro atoms. The lowest BCUT2D eigenvalue weighted by Gasteiger charge is -2.08. The summed E-state index contributed by atoms with van der Waals surface area (Å²) in [5.74, 6) is -0.0204. The second-order valence-corrected chi connectivity index (χ2v) is 4.23. The maximum absolute atomic E-state index is 11.4. The van der Waals surface area contributed by atoms with E-state index in [1.165, 1.54) is 0 Å². The maximum atomic E-state index is 11.4. The third kappa shape index (κ3) is 2.73. The van der Waals surface area contributed by atoms with E-state index in [1.54, 1.807) is 18.2 Å². The van der Waals surface area contributed by atoms with Crippen LogP contribution >= 0.6 is 15.9 Å². The minimum atomic E-state index is -0.0219. The first kappa shape index (κ1) is 11.0. The molecule has 0 aliphatic carbocycles. The molecule has 1 amide bonds. The molecule has 0 unspecified atom stereocenters. The van der Waals surface area contributed by atoms with Gasteiger partial charge in [-0.15, -0.1) is 0 Å². The van der Waals surface area contributed by atoms with Crippen LogP contribution in [0, 0.1) is 5.92 Å². The lowest BCUT2D eigenvalue weighted by atomic mass is 10.2. The number of halogens is 1. The van der Waals surface area contributed by atoms with Crippen LogP contribution in [0.2, 0.25) is 0 Å². The molecule has 3 N–H and O–H groups in total. The van der Waals surface area contributed by atoms with Crippen molar-refractivity contribution in [3.63, 3.8) is 0 Å². The molecule has 1 aromatic rings. The number of rotatable bonds is 2. The zero-order chi connectivity index (χ0) is 10.7. The molecule has 1 aromatic carbocycles. The number of nitrogens with one attached hydrogen (secondary N) is 1. The highest BCUT2D eigenvalue weighted by Crippen LogP contribution is 2.23. The summed E-state index contributed by atoms with van der Waals surface area (Å²) < 4.78 is 0.791. The minimum Gasteiger partial charge on any atom is -0.398 e. The van der Waals surface area contributed by atoms with Crippen LogP contribution in [0.15, 0.2) is 22.7 Å². The van der Waals surface area contributed by atoms with Crippen molar-refractivity contribution in [3.05, 3.63) is 22.7 Å². The highest BCUT2D eigenvalue weighted by molar-refractivity contribution is 9.10. The number of nitrogen functional groups attached to an aromatic ring is 1. The predicted octanol–water partition coefficient (Wildman–Crippen LogP) is 2.63. The van der Waals surface area contributed by atoms with Crippen LogP contribution in [0.4, 0.5) is 11.4 Å². The van der Waals surface area contributed by atoms with Crippen molar-refractivity contribution in [2.24, 2.45) is 5.92 Å². The fourth-order valence-electron chi connectivity index (χ4n) is 0.891. The zero-order valence-corrected chi connectivity index (χ0v) is 9.76. The molecule has 3 nitrogen and oxygen atoms in total. The average Bonchev–Trinajstić information content (AvgIpc) is 2.11. The SMILES string of the molecule is CC(C)C(=O)Nc1ccc(N)c(Br)c1. The number of amides is 1. The van der Waals surface area contributed by atoms with Gasteiger partial charge in [0.2, 0.25) is 5.91 Å². The van der Waals surface area contributed by atoms with E-state index in [0.29, 0.717) is 5.69 Å². The highest BCUT2D eigenvalue weighted by atomic mass is 79.9. The molecule has 0 aliphatic heterocycles. The van der Waals surface area contributed by atoms with Crippen LogP contribution in [0.3, 0.4) is 0 Å². The van der Waals surface area contributed by atoms with E-state index in [2.05, 4.69) is 21.2 Å². The summed E-state index contributed by atoms with van der Waals surface area (Å²) in [6.07, 6.45) is 0. The van der Waals surface area contributed by atoms with Gasteiger partial charge in [0.15, 0.2) is 0 Å². The molecular formula is C10H13BrN2O. The number of benzene rings is 1. The molecule has 0 bridgehead atoms. The highest BCUT2D eigenvalue weighted by Gasteiger charge is 2.07. The van der Waals surface area contributed by atoms with Crippen molar-refractivity contribution in [1.29, 1.82) is 0 Å². The monoisotopic (exact) mass is 256 g/mol. The Bertz CT molecular complexity index is 350. The number of carbonyl (C=O) groups excluding carboxylic acids is 1. The molecule has 0 saturated carbocycles. The van der Waals surface area contributed by atoms with E-state index in [4.69, 9.17) is 5.73 Å². The molecule has 0 aliphatic rings. The normalized spacial score (nSPS) is 10.3. The molecule has 0 aromatic heterocycles. The van der Waals surface area contributed by atoms with Crippen molar-refractivity contribution in [2.45, 2.75) is 13.8 Å². The van der Waals surface area contributed by atoms with Gasteiger partial charge in [0.1, 0.15) is 0 Å². The van der Waals surface area contributed by atoms with Crippen molar-refractivity contribution >= 4 is 33.2 Å². The maximum Gasteiger partial charge on any atom is 0.226 e. The summed E-state index contributed by atoms with van der Waals surface area (Å²) in [6.45, 7) is 3.70. The molecule has 0 heterocycles. The van der Waals surface area contributed by atoms with Crippen LogP contribution in [0.1, 0.15) is 13.8 Å². The van der Waals surface area contributed by atoms with Crippen LogP contribution < -0.4 is 11.1 Å². The van der Waals surface area contributed by atoms with E-state index in [1.807, 2.05) is 13.8 Å². The molecule has 4 heteroatoms. The quantitative estimate of drug-likeness (QED) is 0.800. The second kappa shape index (κ2) is 4.46. The lowest BCUT2D eigenvalue weighted by Crippen LogP contribution is -2.17. The van der Waals surface area contributed by atoms with Crippen LogP contribution in [0.5, 0.6) is 0 Å². The molecule has 0 atom stereocenters. The van der Waals surface area contributed by atoms with Crippen molar-refractivity contribution < 1.29 is 4.79 Å². The van der Waals surface area contributed by atoms with Crippen molar-refractivity contribution in [2.75, 3.05) is 11.1 Å². The van der Waals surface area contributed by atoms with Crippen molar-refractivity contribution in [3.8, 4) is 0 Å². The second-order valence-electron chi connectivity index (χ2n) is 3.38. The zero-order valence-electron chi connectivity index (χ0n) is 8.17.